The third kappa shape index (κ3) is 3.56. The van der Waals surface area contributed by atoms with E-state index in [4.69, 9.17) is 21.8 Å². The standard InChI is InChI=1S/C20H18ClNO2S/c1-2-5-14(11-22)19(23)18-16(17-8-4-9-25-17)12-24-20(18)13-6-3-7-15(21)10-13/h2-12,19,23H,22H2,1H3/b5-2-,14-11+. The lowest BCUT2D eigenvalue weighted by molar-refractivity contribution is 0.219. The number of rotatable bonds is 5. The van der Waals surface area contributed by atoms with E-state index >= 15 is 0 Å². The zero-order chi connectivity index (χ0) is 17.8. The highest BCUT2D eigenvalue weighted by atomic mass is 35.5. The van der Waals surface area contributed by atoms with E-state index in [1.807, 2.05) is 48.7 Å². The molecular formula is C20H18ClNO2S. The van der Waals surface area contributed by atoms with Crippen molar-refractivity contribution in [2.45, 2.75) is 13.0 Å². The van der Waals surface area contributed by atoms with Gasteiger partial charge in [-0.3, -0.25) is 0 Å². The van der Waals surface area contributed by atoms with Crippen molar-refractivity contribution in [1.29, 1.82) is 0 Å². The number of hydrogen-bond acceptors (Lipinski definition) is 4. The number of aliphatic hydroxyl groups excluding tert-OH is 1. The van der Waals surface area contributed by atoms with Gasteiger partial charge in [-0.2, -0.15) is 0 Å². The van der Waals surface area contributed by atoms with Crippen LogP contribution in [0.3, 0.4) is 0 Å². The molecule has 0 aliphatic rings. The van der Waals surface area contributed by atoms with Crippen LogP contribution in [0.5, 0.6) is 0 Å². The molecule has 0 amide bonds. The van der Waals surface area contributed by atoms with Gasteiger partial charge in [-0.15, -0.1) is 11.3 Å². The Hall–Kier alpha value is -2.27. The second-order valence-electron chi connectivity index (χ2n) is 5.45. The molecule has 0 spiro atoms. The monoisotopic (exact) mass is 371 g/mol. The maximum absolute atomic E-state index is 11.0. The minimum Gasteiger partial charge on any atom is -0.463 e. The maximum atomic E-state index is 11.0. The second kappa shape index (κ2) is 7.74. The average molecular weight is 372 g/mol. The number of furan rings is 1. The van der Waals surface area contributed by atoms with Crippen LogP contribution in [0.1, 0.15) is 18.6 Å². The fourth-order valence-electron chi connectivity index (χ4n) is 2.71. The van der Waals surface area contributed by atoms with Crippen LogP contribution in [0, 0.1) is 0 Å². The van der Waals surface area contributed by atoms with Crippen LogP contribution in [0.25, 0.3) is 21.8 Å². The number of benzene rings is 1. The molecule has 0 bridgehead atoms. The topological polar surface area (TPSA) is 59.4 Å². The van der Waals surface area contributed by atoms with Crippen molar-refractivity contribution in [3.05, 3.63) is 82.6 Å². The van der Waals surface area contributed by atoms with E-state index in [9.17, 15) is 5.11 Å². The smallest absolute Gasteiger partial charge is 0.140 e. The van der Waals surface area contributed by atoms with Gasteiger partial charge in [0, 0.05) is 38.4 Å². The summed E-state index contributed by atoms with van der Waals surface area (Å²) in [6.45, 7) is 1.88. The van der Waals surface area contributed by atoms with Crippen LogP contribution >= 0.6 is 22.9 Å². The van der Waals surface area contributed by atoms with Crippen molar-refractivity contribution in [2.24, 2.45) is 5.73 Å². The summed E-state index contributed by atoms with van der Waals surface area (Å²) in [5, 5.41) is 13.6. The highest BCUT2D eigenvalue weighted by Gasteiger charge is 2.25. The Kier molecular flexibility index (Phi) is 5.43. The summed E-state index contributed by atoms with van der Waals surface area (Å²) in [4.78, 5) is 1.02. The van der Waals surface area contributed by atoms with E-state index in [0.29, 0.717) is 21.9 Å². The summed E-state index contributed by atoms with van der Waals surface area (Å²) in [5.41, 5.74) is 8.66. The predicted octanol–water partition coefficient (Wildman–Crippen LogP) is 5.78. The predicted molar refractivity (Wildman–Crippen MR) is 105 cm³/mol. The van der Waals surface area contributed by atoms with Gasteiger partial charge in [0.2, 0.25) is 0 Å². The fraction of sp³-hybridized carbons (Fsp3) is 0.100. The van der Waals surface area contributed by atoms with Gasteiger partial charge in [-0.1, -0.05) is 42.0 Å². The second-order valence-corrected chi connectivity index (χ2v) is 6.83. The van der Waals surface area contributed by atoms with Gasteiger partial charge in [0.25, 0.3) is 0 Å². The van der Waals surface area contributed by atoms with Crippen LogP contribution in [0.2, 0.25) is 5.02 Å². The van der Waals surface area contributed by atoms with Gasteiger partial charge >= 0.3 is 0 Å². The zero-order valence-corrected chi connectivity index (χ0v) is 15.2. The lowest BCUT2D eigenvalue weighted by atomic mass is 9.95. The Morgan fingerprint density at radius 1 is 1.32 bits per heavy atom. The van der Waals surface area contributed by atoms with E-state index < -0.39 is 6.10 Å². The number of allylic oxidation sites excluding steroid dienone is 1. The normalized spacial score (nSPS) is 13.5. The number of thiophene rings is 1. The minimum absolute atomic E-state index is 0.585. The summed E-state index contributed by atoms with van der Waals surface area (Å²) in [6.07, 6.45) is 5.80. The molecule has 3 N–H and O–H groups in total. The number of aliphatic hydroxyl groups is 1. The van der Waals surface area contributed by atoms with Gasteiger partial charge < -0.3 is 15.3 Å². The summed E-state index contributed by atoms with van der Waals surface area (Å²) in [5.74, 6) is 0.585. The molecule has 0 radical (unpaired) electrons. The van der Waals surface area contributed by atoms with Crippen molar-refractivity contribution in [2.75, 3.05) is 0 Å². The number of hydrogen-bond donors (Lipinski definition) is 2. The van der Waals surface area contributed by atoms with Crippen molar-refractivity contribution in [1.82, 2.24) is 0 Å². The lowest BCUT2D eigenvalue weighted by Crippen LogP contribution is -2.04. The highest BCUT2D eigenvalue weighted by molar-refractivity contribution is 7.13. The summed E-state index contributed by atoms with van der Waals surface area (Å²) in [6, 6.07) is 11.3. The largest absolute Gasteiger partial charge is 0.463 e. The SMILES string of the molecule is C/C=C\C(=C/N)C(O)c1c(-c2cccs2)coc1-c1cccc(Cl)c1. The molecule has 0 aliphatic heterocycles. The third-order valence-corrected chi connectivity index (χ3v) is 4.98. The quantitative estimate of drug-likeness (QED) is 0.559. The van der Waals surface area contributed by atoms with Crippen LogP contribution in [0.4, 0.5) is 0 Å². The first-order valence-electron chi connectivity index (χ1n) is 7.79. The third-order valence-electron chi connectivity index (χ3n) is 3.84. The number of nitrogens with two attached hydrogens (primary N) is 1. The molecular weight excluding hydrogens is 354 g/mol. The van der Waals surface area contributed by atoms with E-state index in [1.54, 1.807) is 29.7 Å². The van der Waals surface area contributed by atoms with Crippen molar-refractivity contribution >= 4 is 22.9 Å². The van der Waals surface area contributed by atoms with E-state index in [-0.39, 0.29) is 0 Å². The van der Waals surface area contributed by atoms with Crippen LogP contribution < -0.4 is 5.73 Å². The average Bonchev–Trinajstić information content (AvgIpc) is 3.27. The van der Waals surface area contributed by atoms with Crippen LogP contribution in [-0.2, 0) is 0 Å². The van der Waals surface area contributed by atoms with Crippen molar-refractivity contribution in [3.8, 4) is 21.8 Å². The van der Waals surface area contributed by atoms with E-state index in [2.05, 4.69) is 0 Å². The first kappa shape index (κ1) is 17.5. The maximum Gasteiger partial charge on any atom is 0.140 e. The Bertz CT molecular complexity index is 910. The Morgan fingerprint density at radius 3 is 2.80 bits per heavy atom. The number of halogens is 1. The molecule has 0 saturated carbocycles. The molecule has 5 heteroatoms. The zero-order valence-electron chi connectivity index (χ0n) is 13.6. The molecule has 2 heterocycles. The molecule has 1 unspecified atom stereocenters. The first-order valence-corrected chi connectivity index (χ1v) is 9.05. The Morgan fingerprint density at radius 2 is 2.16 bits per heavy atom. The van der Waals surface area contributed by atoms with Crippen LogP contribution in [0.15, 0.2) is 76.4 Å². The van der Waals surface area contributed by atoms with Gasteiger partial charge in [-0.25, -0.2) is 0 Å². The molecule has 0 fully saturated rings. The van der Waals surface area contributed by atoms with Crippen molar-refractivity contribution < 1.29 is 9.52 Å². The molecule has 2 aromatic heterocycles. The van der Waals surface area contributed by atoms with Gasteiger partial charge in [0.1, 0.15) is 18.1 Å². The molecule has 0 saturated heterocycles. The van der Waals surface area contributed by atoms with Crippen molar-refractivity contribution in [3.63, 3.8) is 0 Å². The Labute approximate surface area is 155 Å². The molecule has 25 heavy (non-hydrogen) atoms. The molecule has 3 aromatic rings. The summed E-state index contributed by atoms with van der Waals surface area (Å²) >= 11 is 7.71. The van der Waals surface area contributed by atoms with E-state index in [1.165, 1.54) is 6.20 Å². The molecule has 3 rings (SSSR count). The fourth-order valence-corrected chi connectivity index (χ4v) is 3.65. The van der Waals surface area contributed by atoms with Gasteiger partial charge in [-0.05, 0) is 30.5 Å². The highest BCUT2D eigenvalue weighted by Crippen LogP contribution is 2.42. The Balaban J connectivity index is 2.20. The van der Waals surface area contributed by atoms with E-state index in [0.717, 1.165) is 16.0 Å². The summed E-state index contributed by atoms with van der Waals surface area (Å²) < 4.78 is 5.85. The lowest BCUT2D eigenvalue weighted by Gasteiger charge is -2.14. The first-order chi connectivity index (χ1) is 12.2. The molecule has 128 valence electrons. The molecule has 1 aromatic carbocycles. The van der Waals surface area contributed by atoms with Gasteiger partial charge in [0.05, 0.1) is 0 Å². The molecule has 0 aliphatic carbocycles. The molecule has 1 atom stereocenters. The van der Waals surface area contributed by atoms with Crippen LogP contribution in [-0.4, -0.2) is 5.11 Å². The summed E-state index contributed by atoms with van der Waals surface area (Å²) in [7, 11) is 0. The minimum atomic E-state index is -0.911. The molecule has 3 nitrogen and oxygen atoms in total. The van der Waals surface area contributed by atoms with Gasteiger partial charge in [0.15, 0.2) is 0 Å².